The van der Waals surface area contributed by atoms with Crippen molar-refractivity contribution in [2.75, 3.05) is 0 Å². The first-order valence-electron chi connectivity index (χ1n) is 25.0. The molecule has 14 aromatic carbocycles. The monoisotopic (exact) mass is 910 g/mol. The standard InChI is InChI=1S/C72H46/c1-4-20-47(21-5-1)54-44-45-65-66(46-54)72(49-24-8-3-9-25-49)64-35-19-18-34-63(64)71(65)53-42-40-52(41-43-53)70-61-32-16-14-30-59(61)69(60-31-15-17-33-62(60)70)51-38-36-50(37-39-51)68-57-28-12-10-26-55(57)67(48-22-6-2-7-23-48)56-27-11-13-29-58(56)68/h1-46H. The van der Waals surface area contributed by atoms with Crippen molar-refractivity contribution >= 4 is 64.6 Å². The number of rotatable bonds is 7. The van der Waals surface area contributed by atoms with Crippen molar-refractivity contribution in [3.05, 3.63) is 279 Å². The Bertz CT molecular complexity index is 4260. The summed E-state index contributed by atoms with van der Waals surface area (Å²) in [6.07, 6.45) is 0. The summed E-state index contributed by atoms with van der Waals surface area (Å²) in [6, 6.07) is 103. The third-order valence-corrected chi connectivity index (χ3v) is 15.0. The van der Waals surface area contributed by atoms with Gasteiger partial charge < -0.3 is 0 Å². The summed E-state index contributed by atoms with van der Waals surface area (Å²) >= 11 is 0. The molecule has 14 rings (SSSR count). The Hall–Kier alpha value is -9.36. The van der Waals surface area contributed by atoms with Crippen LogP contribution in [0.4, 0.5) is 0 Å². The molecule has 0 spiro atoms. The van der Waals surface area contributed by atoms with Crippen LogP contribution < -0.4 is 0 Å². The summed E-state index contributed by atoms with van der Waals surface area (Å²) in [4.78, 5) is 0. The number of hydrogen-bond acceptors (Lipinski definition) is 0. The fourth-order valence-corrected chi connectivity index (χ4v) is 11.9. The van der Waals surface area contributed by atoms with E-state index in [2.05, 4.69) is 279 Å². The van der Waals surface area contributed by atoms with Crippen LogP contribution in [0.5, 0.6) is 0 Å². The molecule has 0 saturated heterocycles. The van der Waals surface area contributed by atoms with Gasteiger partial charge in [-0.15, -0.1) is 0 Å². The van der Waals surface area contributed by atoms with Crippen LogP contribution in [-0.2, 0) is 0 Å². The number of fused-ring (bicyclic) bond motifs is 6. The van der Waals surface area contributed by atoms with E-state index in [9.17, 15) is 0 Å². The van der Waals surface area contributed by atoms with Crippen LogP contribution in [0.25, 0.3) is 143 Å². The molecule has 0 unspecified atom stereocenters. The molecular weight excluding hydrogens is 865 g/mol. The van der Waals surface area contributed by atoms with Gasteiger partial charge in [0.15, 0.2) is 0 Å². The fourth-order valence-electron chi connectivity index (χ4n) is 11.9. The lowest BCUT2D eigenvalue weighted by Crippen LogP contribution is -1.93. The molecule has 0 N–H and O–H groups in total. The van der Waals surface area contributed by atoms with Crippen LogP contribution in [0.2, 0.25) is 0 Å². The predicted octanol–water partition coefficient (Wildman–Crippen LogP) is 20.3. The van der Waals surface area contributed by atoms with Gasteiger partial charge in [-0.1, -0.05) is 273 Å². The topological polar surface area (TPSA) is 0 Å². The maximum atomic E-state index is 2.40. The highest BCUT2D eigenvalue weighted by molar-refractivity contribution is 6.25. The van der Waals surface area contributed by atoms with Crippen molar-refractivity contribution in [1.82, 2.24) is 0 Å². The minimum atomic E-state index is 1.20. The lowest BCUT2D eigenvalue weighted by atomic mass is 9.83. The van der Waals surface area contributed by atoms with Crippen molar-refractivity contribution in [3.8, 4) is 77.9 Å². The molecular formula is C72H46. The van der Waals surface area contributed by atoms with Gasteiger partial charge in [0, 0.05) is 0 Å². The Kier molecular flexibility index (Phi) is 9.96. The second kappa shape index (κ2) is 17.2. The van der Waals surface area contributed by atoms with Crippen LogP contribution in [0.1, 0.15) is 0 Å². The molecule has 14 aromatic rings. The quantitative estimate of drug-likeness (QED) is 0.140. The smallest absolute Gasteiger partial charge is 0.00262 e. The number of benzene rings is 14. The molecule has 72 heavy (non-hydrogen) atoms. The van der Waals surface area contributed by atoms with Gasteiger partial charge in [0.1, 0.15) is 0 Å². The van der Waals surface area contributed by atoms with Gasteiger partial charge in [-0.25, -0.2) is 0 Å². The minimum absolute atomic E-state index is 1.20. The average Bonchev–Trinajstić information content (AvgIpc) is 3.46. The Morgan fingerprint density at radius 2 is 0.292 bits per heavy atom. The summed E-state index contributed by atoms with van der Waals surface area (Å²) in [5.74, 6) is 0. The zero-order valence-electron chi connectivity index (χ0n) is 39.6. The van der Waals surface area contributed by atoms with E-state index in [1.165, 1.54) is 143 Å². The van der Waals surface area contributed by atoms with Crippen molar-refractivity contribution in [3.63, 3.8) is 0 Å². The van der Waals surface area contributed by atoms with E-state index in [0.717, 1.165) is 0 Å². The molecule has 0 radical (unpaired) electrons. The van der Waals surface area contributed by atoms with Gasteiger partial charge in [0.2, 0.25) is 0 Å². The van der Waals surface area contributed by atoms with Crippen LogP contribution in [0.3, 0.4) is 0 Å². The summed E-state index contributed by atoms with van der Waals surface area (Å²) in [6.45, 7) is 0. The normalized spacial score (nSPS) is 11.6. The van der Waals surface area contributed by atoms with Gasteiger partial charge in [0.25, 0.3) is 0 Å². The molecule has 0 heterocycles. The molecule has 0 aromatic heterocycles. The molecule has 0 bridgehead atoms. The zero-order valence-corrected chi connectivity index (χ0v) is 39.6. The summed E-state index contributed by atoms with van der Waals surface area (Å²) in [5.41, 5.74) is 17.3. The molecule has 0 fully saturated rings. The summed E-state index contributed by atoms with van der Waals surface area (Å²) in [5, 5.41) is 15.0. The molecule has 0 saturated carbocycles. The first kappa shape index (κ1) is 41.6. The molecule has 334 valence electrons. The third kappa shape index (κ3) is 6.76. The van der Waals surface area contributed by atoms with E-state index in [1.807, 2.05) is 0 Å². The lowest BCUT2D eigenvalue weighted by Gasteiger charge is -2.20. The van der Waals surface area contributed by atoms with Crippen LogP contribution in [-0.4, -0.2) is 0 Å². The Balaban J connectivity index is 0.913. The Morgan fingerprint density at radius 1 is 0.111 bits per heavy atom. The maximum Gasteiger partial charge on any atom is -0.00262 e. The Labute approximate surface area is 419 Å². The fraction of sp³-hybridized carbons (Fsp3) is 0. The van der Waals surface area contributed by atoms with Gasteiger partial charge in [0.05, 0.1) is 0 Å². The van der Waals surface area contributed by atoms with E-state index in [1.54, 1.807) is 0 Å². The van der Waals surface area contributed by atoms with E-state index in [0.29, 0.717) is 0 Å². The molecule has 0 aliphatic carbocycles. The molecule has 0 nitrogen and oxygen atoms in total. The van der Waals surface area contributed by atoms with Gasteiger partial charge >= 0.3 is 0 Å². The first-order valence-corrected chi connectivity index (χ1v) is 25.0. The highest BCUT2D eigenvalue weighted by atomic mass is 14.2. The average molecular weight is 911 g/mol. The van der Waals surface area contributed by atoms with Crippen molar-refractivity contribution in [2.45, 2.75) is 0 Å². The molecule has 0 atom stereocenters. The third-order valence-electron chi connectivity index (χ3n) is 15.0. The van der Waals surface area contributed by atoms with E-state index in [-0.39, 0.29) is 0 Å². The number of hydrogen-bond donors (Lipinski definition) is 0. The van der Waals surface area contributed by atoms with Crippen LogP contribution in [0, 0.1) is 0 Å². The molecule has 0 aliphatic heterocycles. The predicted molar refractivity (Wildman–Crippen MR) is 310 cm³/mol. The zero-order chi connectivity index (χ0) is 47.5. The van der Waals surface area contributed by atoms with Gasteiger partial charge in [-0.2, -0.15) is 0 Å². The molecule has 0 heteroatoms. The summed E-state index contributed by atoms with van der Waals surface area (Å²) < 4.78 is 0. The van der Waals surface area contributed by atoms with Crippen molar-refractivity contribution in [2.24, 2.45) is 0 Å². The summed E-state index contributed by atoms with van der Waals surface area (Å²) in [7, 11) is 0. The van der Waals surface area contributed by atoms with Gasteiger partial charge in [-0.3, -0.25) is 0 Å². The van der Waals surface area contributed by atoms with Crippen LogP contribution in [0.15, 0.2) is 279 Å². The van der Waals surface area contributed by atoms with Crippen LogP contribution >= 0.6 is 0 Å². The maximum absolute atomic E-state index is 2.40. The van der Waals surface area contributed by atoms with Gasteiger partial charge in [-0.05, 0) is 149 Å². The Morgan fingerprint density at radius 3 is 0.556 bits per heavy atom. The second-order valence-electron chi connectivity index (χ2n) is 19.0. The highest BCUT2D eigenvalue weighted by Gasteiger charge is 2.21. The first-order chi connectivity index (χ1) is 35.8. The van der Waals surface area contributed by atoms with E-state index in [4.69, 9.17) is 0 Å². The SMILES string of the molecule is c1ccc(-c2ccc3c(-c4ccc(-c5c6ccccc6c(-c6ccc(-c7c8ccccc8c(-c8ccccc8)c8ccccc78)cc6)c6ccccc56)cc4)c4ccccc4c(-c4ccccc4)c3c2)cc1. The second-order valence-corrected chi connectivity index (χ2v) is 19.0. The largest absolute Gasteiger partial charge is 0.0622 e. The van der Waals surface area contributed by atoms with E-state index >= 15 is 0 Å². The molecule has 0 amide bonds. The lowest BCUT2D eigenvalue weighted by molar-refractivity contribution is 1.62. The molecule has 0 aliphatic rings. The van der Waals surface area contributed by atoms with E-state index < -0.39 is 0 Å². The van der Waals surface area contributed by atoms with Crippen molar-refractivity contribution in [1.29, 1.82) is 0 Å². The highest BCUT2D eigenvalue weighted by Crippen LogP contribution is 2.49. The minimum Gasteiger partial charge on any atom is -0.0622 e. The van der Waals surface area contributed by atoms with Crippen molar-refractivity contribution < 1.29 is 0 Å².